The van der Waals surface area contributed by atoms with E-state index in [1.165, 1.54) is 23.0 Å². The van der Waals surface area contributed by atoms with Gasteiger partial charge in [-0.05, 0) is 43.2 Å². The van der Waals surface area contributed by atoms with E-state index >= 15 is 0 Å². The maximum absolute atomic E-state index is 12.8. The van der Waals surface area contributed by atoms with E-state index in [0.29, 0.717) is 30.9 Å². The number of amides is 2. The average molecular weight is 378 g/mol. The van der Waals surface area contributed by atoms with Gasteiger partial charge in [0.25, 0.3) is 11.8 Å². The molecule has 6 heteroatoms. The summed E-state index contributed by atoms with van der Waals surface area (Å²) >= 11 is 0. The van der Waals surface area contributed by atoms with Crippen LogP contribution in [0, 0.1) is 13.8 Å². The van der Waals surface area contributed by atoms with Crippen LogP contribution < -0.4 is 10.2 Å². The maximum Gasteiger partial charge on any atom is 0.272 e. The van der Waals surface area contributed by atoms with Gasteiger partial charge in [0.15, 0.2) is 0 Å². The summed E-state index contributed by atoms with van der Waals surface area (Å²) in [5.41, 5.74) is 4.50. The predicted octanol–water partition coefficient (Wildman–Crippen LogP) is 2.58. The lowest BCUT2D eigenvalue weighted by atomic mass is 10.1. The molecule has 1 N–H and O–H groups in total. The first kappa shape index (κ1) is 19.6. The fraction of sp³-hybridized carbons (Fsp3) is 0.318. The van der Waals surface area contributed by atoms with Gasteiger partial charge in [-0.2, -0.15) is 0 Å². The average Bonchev–Trinajstić information content (AvgIpc) is 2.73. The smallest absolute Gasteiger partial charge is 0.272 e. The van der Waals surface area contributed by atoms with E-state index in [1.807, 2.05) is 0 Å². The zero-order chi connectivity index (χ0) is 20.1. The third kappa shape index (κ3) is 4.22. The van der Waals surface area contributed by atoms with Crippen LogP contribution in [0.15, 0.2) is 49.2 Å². The van der Waals surface area contributed by atoms with Crippen LogP contribution in [-0.2, 0) is 0 Å². The first-order chi connectivity index (χ1) is 13.5. The largest absolute Gasteiger partial charge is 0.368 e. The molecule has 0 atom stereocenters. The Morgan fingerprint density at radius 2 is 1.93 bits per heavy atom. The number of benzene rings is 1. The SMILES string of the molecule is C=CCNC(=O)c1ccnc(C(=O)N2CCN(c3cccc(C)c3C)CC2)c1. The van der Waals surface area contributed by atoms with E-state index in [2.05, 4.69) is 53.8 Å². The molecule has 2 amide bonds. The molecule has 0 radical (unpaired) electrons. The Morgan fingerprint density at radius 3 is 2.64 bits per heavy atom. The number of carbonyl (C=O) groups is 2. The highest BCUT2D eigenvalue weighted by Gasteiger charge is 2.24. The minimum atomic E-state index is -0.240. The topological polar surface area (TPSA) is 65.5 Å². The number of carbonyl (C=O) groups excluding carboxylic acids is 2. The van der Waals surface area contributed by atoms with Gasteiger partial charge >= 0.3 is 0 Å². The van der Waals surface area contributed by atoms with Crippen molar-refractivity contribution >= 4 is 17.5 Å². The zero-order valence-electron chi connectivity index (χ0n) is 16.4. The van der Waals surface area contributed by atoms with Crippen molar-refractivity contribution in [3.8, 4) is 0 Å². The molecule has 0 aliphatic carbocycles. The normalized spacial score (nSPS) is 13.9. The van der Waals surface area contributed by atoms with Crippen LogP contribution in [0.5, 0.6) is 0 Å². The molecule has 2 heterocycles. The van der Waals surface area contributed by atoms with Crippen LogP contribution in [0.25, 0.3) is 0 Å². The number of rotatable bonds is 5. The summed E-state index contributed by atoms with van der Waals surface area (Å²) in [5.74, 6) is -0.380. The Labute approximate surface area is 165 Å². The van der Waals surface area contributed by atoms with Crippen molar-refractivity contribution in [2.45, 2.75) is 13.8 Å². The molecule has 1 saturated heterocycles. The van der Waals surface area contributed by atoms with Gasteiger partial charge in [-0.15, -0.1) is 6.58 Å². The van der Waals surface area contributed by atoms with Crippen molar-refractivity contribution in [3.63, 3.8) is 0 Å². The fourth-order valence-corrected chi connectivity index (χ4v) is 3.35. The Hall–Kier alpha value is -3.15. The minimum absolute atomic E-state index is 0.140. The van der Waals surface area contributed by atoms with Crippen molar-refractivity contribution in [2.75, 3.05) is 37.6 Å². The summed E-state index contributed by atoms with van der Waals surface area (Å²) < 4.78 is 0. The number of anilines is 1. The van der Waals surface area contributed by atoms with Gasteiger partial charge in [0.1, 0.15) is 5.69 Å². The maximum atomic E-state index is 12.8. The minimum Gasteiger partial charge on any atom is -0.368 e. The van der Waals surface area contributed by atoms with Crippen LogP contribution in [0.2, 0.25) is 0 Å². The Kier molecular flexibility index (Phi) is 6.09. The van der Waals surface area contributed by atoms with Gasteiger partial charge in [0.05, 0.1) is 0 Å². The molecule has 146 valence electrons. The van der Waals surface area contributed by atoms with Gasteiger partial charge in [-0.25, -0.2) is 0 Å². The first-order valence-corrected chi connectivity index (χ1v) is 9.47. The number of piperazine rings is 1. The standard InChI is InChI=1S/C22H26N4O2/c1-4-9-24-21(27)18-8-10-23-19(15-18)22(28)26-13-11-25(12-14-26)20-7-5-6-16(2)17(20)3/h4-8,10,15H,1,9,11-14H2,2-3H3,(H,24,27). The van der Waals surface area contributed by atoms with E-state index < -0.39 is 0 Å². The summed E-state index contributed by atoms with van der Waals surface area (Å²) in [5, 5.41) is 2.71. The lowest BCUT2D eigenvalue weighted by Gasteiger charge is -2.37. The highest BCUT2D eigenvalue weighted by molar-refractivity contribution is 5.98. The molecule has 2 aromatic rings. The number of pyridine rings is 1. The van der Waals surface area contributed by atoms with Crippen molar-refractivity contribution in [1.29, 1.82) is 0 Å². The summed E-state index contributed by atoms with van der Waals surface area (Å²) in [4.78, 5) is 33.2. The fourth-order valence-electron chi connectivity index (χ4n) is 3.35. The second-order valence-electron chi connectivity index (χ2n) is 6.93. The molecule has 0 spiro atoms. The number of hydrogen-bond acceptors (Lipinski definition) is 4. The molecular formula is C22H26N4O2. The third-order valence-electron chi connectivity index (χ3n) is 5.13. The number of nitrogens with one attached hydrogen (secondary N) is 1. The van der Waals surface area contributed by atoms with E-state index in [0.717, 1.165) is 13.1 Å². The zero-order valence-corrected chi connectivity index (χ0v) is 16.4. The van der Waals surface area contributed by atoms with Crippen molar-refractivity contribution < 1.29 is 9.59 Å². The van der Waals surface area contributed by atoms with Crippen LogP contribution >= 0.6 is 0 Å². The second-order valence-corrected chi connectivity index (χ2v) is 6.93. The third-order valence-corrected chi connectivity index (χ3v) is 5.13. The number of aromatic nitrogens is 1. The molecule has 0 bridgehead atoms. The molecule has 1 aromatic heterocycles. The molecule has 1 fully saturated rings. The molecule has 0 saturated carbocycles. The van der Waals surface area contributed by atoms with Crippen LogP contribution in [-0.4, -0.2) is 54.4 Å². The molecular weight excluding hydrogens is 352 g/mol. The van der Waals surface area contributed by atoms with E-state index in [4.69, 9.17) is 0 Å². The predicted molar refractivity (Wildman–Crippen MR) is 111 cm³/mol. The Morgan fingerprint density at radius 1 is 1.18 bits per heavy atom. The molecule has 6 nitrogen and oxygen atoms in total. The van der Waals surface area contributed by atoms with Crippen LogP contribution in [0.3, 0.4) is 0 Å². The van der Waals surface area contributed by atoms with Crippen molar-refractivity contribution in [1.82, 2.24) is 15.2 Å². The van der Waals surface area contributed by atoms with Crippen LogP contribution in [0.1, 0.15) is 32.0 Å². The lowest BCUT2D eigenvalue weighted by molar-refractivity contribution is 0.0741. The van der Waals surface area contributed by atoms with E-state index in [9.17, 15) is 9.59 Å². The molecule has 1 aliphatic heterocycles. The molecule has 0 unspecified atom stereocenters. The lowest BCUT2D eigenvalue weighted by Crippen LogP contribution is -2.49. The Balaban J connectivity index is 1.66. The van der Waals surface area contributed by atoms with Gasteiger partial charge in [0, 0.05) is 50.2 Å². The number of aryl methyl sites for hydroxylation is 1. The highest BCUT2D eigenvalue weighted by Crippen LogP contribution is 2.24. The molecule has 1 aliphatic rings. The van der Waals surface area contributed by atoms with Crippen molar-refractivity contribution in [3.05, 3.63) is 71.6 Å². The van der Waals surface area contributed by atoms with E-state index in [1.54, 1.807) is 23.1 Å². The van der Waals surface area contributed by atoms with Gasteiger partial charge in [0.2, 0.25) is 0 Å². The van der Waals surface area contributed by atoms with E-state index in [-0.39, 0.29) is 11.8 Å². The summed E-state index contributed by atoms with van der Waals surface area (Å²) in [6.07, 6.45) is 3.11. The number of nitrogens with zero attached hydrogens (tertiary/aromatic N) is 3. The van der Waals surface area contributed by atoms with Gasteiger partial charge < -0.3 is 15.1 Å². The Bertz CT molecular complexity index is 886. The summed E-state index contributed by atoms with van der Waals surface area (Å²) in [7, 11) is 0. The molecule has 1 aromatic carbocycles. The van der Waals surface area contributed by atoms with Crippen LogP contribution in [0.4, 0.5) is 5.69 Å². The molecule has 28 heavy (non-hydrogen) atoms. The second kappa shape index (κ2) is 8.69. The molecule has 3 rings (SSSR count). The van der Waals surface area contributed by atoms with Crippen molar-refractivity contribution in [2.24, 2.45) is 0 Å². The summed E-state index contributed by atoms with van der Waals surface area (Å²) in [6, 6.07) is 9.47. The quantitative estimate of drug-likeness (QED) is 0.812. The number of hydrogen-bond donors (Lipinski definition) is 1. The van der Waals surface area contributed by atoms with Gasteiger partial charge in [-0.1, -0.05) is 18.2 Å². The van der Waals surface area contributed by atoms with Gasteiger partial charge in [-0.3, -0.25) is 14.6 Å². The highest BCUT2D eigenvalue weighted by atomic mass is 16.2. The monoisotopic (exact) mass is 378 g/mol. The first-order valence-electron chi connectivity index (χ1n) is 9.47. The summed E-state index contributed by atoms with van der Waals surface area (Å²) in [6.45, 7) is 11.0.